The van der Waals surface area contributed by atoms with Crippen LogP contribution in [0.15, 0.2) is 23.4 Å². The zero-order valence-corrected chi connectivity index (χ0v) is 11.6. The normalized spacial score (nSPS) is 19.7. The predicted molar refractivity (Wildman–Crippen MR) is 68.0 cm³/mol. The van der Waals surface area contributed by atoms with Crippen LogP contribution < -0.4 is 4.72 Å². The van der Waals surface area contributed by atoms with E-state index in [0.717, 1.165) is 0 Å². The molecule has 1 fully saturated rings. The maximum absolute atomic E-state index is 12.3. The number of sulfonamides is 1. The summed E-state index contributed by atoms with van der Waals surface area (Å²) < 4.78 is 32.4. The third-order valence-electron chi connectivity index (χ3n) is 3.00. The predicted octanol–water partition coefficient (Wildman–Crippen LogP) is 1.58. The largest absolute Gasteiger partial charge is 0.381 e. The Kier molecular flexibility index (Phi) is 3.91. The van der Waals surface area contributed by atoms with Crippen LogP contribution in [-0.2, 0) is 14.8 Å². The summed E-state index contributed by atoms with van der Waals surface area (Å²) in [7, 11) is -3.65. The number of aromatic nitrogens is 1. The molecule has 1 aliphatic rings. The second-order valence-corrected chi connectivity index (χ2v) is 6.64. The lowest BCUT2D eigenvalue weighted by Gasteiger charge is -2.34. The highest BCUT2D eigenvalue weighted by atomic mass is 35.5. The Bertz CT molecular complexity index is 527. The van der Waals surface area contributed by atoms with Crippen molar-refractivity contribution in [3.63, 3.8) is 0 Å². The van der Waals surface area contributed by atoms with Gasteiger partial charge in [0.05, 0.1) is 5.02 Å². The van der Waals surface area contributed by atoms with E-state index in [1.807, 2.05) is 6.92 Å². The van der Waals surface area contributed by atoms with Gasteiger partial charge in [0.25, 0.3) is 0 Å². The van der Waals surface area contributed by atoms with Crippen molar-refractivity contribution >= 4 is 21.6 Å². The zero-order valence-electron chi connectivity index (χ0n) is 10.0. The maximum atomic E-state index is 12.3. The van der Waals surface area contributed by atoms with Crippen molar-refractivity contribution in [1.29, 1.82) is 0 Å². The summed E-state index contributed by atoms with van der Waals surface area (Å²) in [5.41, 5.74) is -0.490. The second kappa shape index (κ2) is 5.13. The van der Waals surface area contributed by atoms with Crippen LogP contribution in [0, 0.1) is 0 Å². The molecular weight excluding hydrogens is 276 g/mol. The Morgan fingerprint density at radius 3 is 2.72 bits per heavy atom. The quantitative estimate of drug-likeness (QED) is 0.918. The van der Waals surface area contributed by atoms with Crippen LogP contribution in [0.4, 0.5) is 0 Å². The number of pyridine rings is 1. The summed E-state index contributed by atoms with van der Waals surface area (Å²) in [6, 6.07) is 1.46. The molecular formula is C11H15ClN2O3S. The number of halogens is 1. The van der Waals surface area contributed by atoms with Crippen molar-refractivity contribution in [2.75, 3.05) is 13.2 Å². The molecule has 1 aromatic heterocycles. The molecule has 100 valence electrons. The lowest BCUT2D eigenvalue weighted by atomic mass is 9.94. The van der Waals surface area contributed by atoms with E-state index in [4.69, 9.17) is 16.3 Å². The van der Waals surface area contributed by atoms with E-state index in [0.29, 0.717) is 26.1 Å². The summed E-state index contributed by atoms with van der Waals surface area (Å²) in [4.78, 5) is 3.81. The molecule has 0 amide bonds. The average molecular weight is 291 g/mol. The third kappa shape index (κ3) is 3.00. The van der Waals surface area contributed by atoms with E-state index in [1.165, 1.54) is 18.5 Å². The van der Waals surface area contributed by atoms with Crippen LogP contribution in [-0.4, -0.2) is 32.2 Å². The van der Waals surface area contributed by atoms with Crippen molar-refractivity contribution in [3.8, 4) is 0 Å². The third-order valence-corrected chi connectivity index (χ3v) is 5.11. The smallest absolute Gasteiger partial charge is 0.244 e. The minimum Gasteiger partial charge on any atom is -0.381 e. The fourth-order valence-corrected chi connectivity index (χ4v) is 3.76. The molecule has 0 aromatic carbocycles. The van der Waals surface area contributed by atoms with Crippen LogP contribution >= 0.6 is 11.6 Å². The first-order valence-corrected chi connectivity index (χ1v) is 7.50. The van der Waals surface area contributed by atoms with E-state index in [-0.39, 0.29) is 9.92 Å². The van der Waals surface area contributed by atoms with Crippen LogP contribution in [0.25, 0.3) is 0 Å². The van der Waals surface area contributed by atoms with Crippen LogP contribution in [0.3, 0.4) is 0 Å². The van der Waals surface area contributed by atoms with Crippen LogP contribution in [0.2, 0.25) is 5.02 Å². The SMILES string of the molecule is CC1(NS(=O)(=O)c2cnccc2Cl)CCOCC1. The fraction of sp³-hybridized carbons (Fsp3) is 0.545. The lowest BCUT2D eigenvalue weighted by Crippen LogP contribution is -2.49. The molecule has 0 aliphatic carbocycles. The van der Waals surface area contributed by atoms with Crippen molar-refractivity contribution in [2.24, 2.45) is 0 Å². The van der Waals surface area contributed by atoms with Crippen LogP contribution in [0.5, 0.6) is 0 Å². The second-order valence-electron chi connectivity index (χ2n) is 4.58. The Labute approximate surface area is 112 Å². The number of rotatable bonds is 3. The molecule has 0 atom stereocenters. The highest BCUT2D eigenvalue weighted by molar-refractivity contribution is 7.89. The molecule has 0 saturated carbocycles. The molecule has 0 spiro atoms. The van der Waals surface area contributed by atoms with Crippen molar-refractivity contribution in [3.05, 3.63) is 23.5 Å². The van der Waals surface area contributed by atoms with E-state index in [1.54, 1.807) is 0 Å². The van der Waals surface area contributed by atoms with E-state index in [9.17, 15) is 8.42 Å². The summed E-state index contributed by atoms with van der Waals surface area (Å²) in [6.45, 7) is 2.98. The van der Waals surface area contributed by atoms with Crippen molar-refractivity contribution in [1.82, 2.24) is 9.71 Å². The minimum atomic E-state index is -3.65. The van der Waals surface area contributed by atoms with Crippen LogP contribution in [0.1, 0.15) is 19.8 Å². The molecule has 2 heterocycles. The fourth-order valence-electron chi connectivity index (χ4n) is 1.86. The van der Waals surface area contributed by atoms with Gasteiger partial charge in [-0.1, -0.05) is 11.6 Å². The van der Waals surface area contributed by atoms with Gasteiger partial charge < -0.3 is 4.74 Å². The maximum Gasteiger partial charge on any atom is 0.244 e. The molecule has 1 aliphatic heterocycles. The van der Waals surface area contributed by atoms with Gasteiger partial charge in [-0.3, -0.25) is 4.98 Å². The Morgan fingerprint density at radius 1 is 1.44 bits per heavy atom. The van der Waals surface area contributed by atoms with E-state index < -0.39 is 15.6 Å². The number of hydrogen-bond acceptors (Lipinski definition) is 4. The van der Waals surface area contributed by atoms with Gasteiger partial charge in [-0.2, -0.15) is 0 Å². The number of ether oxygens (including phenoxy) is 1. The molecule has 5 nitrogen and oxygen atoms in total. The number of nitrogens with zero attached hydrogens (tertiary/aromatic N) is 1. The molecule has 7 heteroatoms. The Hall–Kier alpha value is -0.690. The lowest BCUT2D eigenvalue weighted by molar-refractivity contribution is 0.0537. The summed E-state index contributed by atoms with van der Waals surface area (Å²) in [5.74, 6) is 0. The van der Waals surface area contributed by atoms with Crippen molar-refractivity contribution < 1.29 is 13.2 Å². The van der Waals surface area contributed by atoms with Gasteiger partial charge in [0, 0.05) is 31.1 Å². The monoisotopic (exact) mass is 290 g/mol. The molecule has 1 aromatic rings. The molecule has 0 unspecified atom stereocenters. The van der Waals surface area contributed by atoms with Gasteiger partial charge in [0.1, 0.15) is 4.90 Å². The first kappa shape index (κ1) is 13.7. The van der Waals surface area contributed by atoms with Gasteiger partial charge >= 0.3 is 0 Å². The Morgan fingerprint density at radius 2 is 2.11 bits per heavy atom. The summed E-state index contributed by atoms with van der Waals surface area (Å²) >= 11 is 5.89. The number of nitrogens with one attached hydrogen (secondary N) is 1. The van der Waals surface area contributed by atoms with E-state index in [2.05, 4.69) is 9.71 Å². The highest BCUT2D eigenvalue weighted by Gasteiger charge is 2.33. The molecule has 2 rings (SSSR count). The van der Waals surface area contributed by atoms with Gasteiger partial charge in [-0.25, -0.2) is 13.1 Å². The van der Waals surface area contributed by atoms with Gasteiger partial charge in [0.2, 0.25) is 10.0 Å². The first-order chi connectivity index (χ1) is 8.43. The van der Waals surface area contributed by atoms with E-state index >= 15 is 0 Å². The zero-order chi connectivity index (χ0) is 13.2. The average Bonchev–Trinajstić information content (AvgIpc) is 2.28. The van der Waals surface area contributed by atoms with Gasteiger partial charge in [-0.05, 0) is 25.8 Å². The van der Waals surface area contributed by atoms with Crippen molar-refractivity contribution in [2.45, 2.75) is 30.2 Å². The first-order valence-electron chi connectivity index (χ1n) is 5.64. The van der Waals surface area contributed by atoms with Gasteiger partial charge in [-0.15, -0.1) is 0 Å². The molecule has 1 saturated heterocycles. The molecule has 0 bridgehead atoms. The molecule has 1 N–H and O–H groups in total. The molecule has 18 heavy (non-hydrogen) atoms. The summed E-state index contributed by atoms with van der Waals surface area (Å²) in [6.07, 6.45) is 4.00. The molecule has 0 radical (unpaired) electrons. The Balaban J connectivity index is 2.25. The topological polar surface area (TPSA) is 68.3 Å². The number of hydrogen-bond donors (Lipinski definition) is 1. The summed E-state index contributed by atoms with van der Waals surface area (Å²) in [5, 5.41) is 0.174. The van der Waals surface area contributed by atoms with Gasteiger partial charge in [0.15, 0.2) is 0 Å². The standard InChI is InChI=1S/C11H15ClN2O3S/c1-11(3-6-17-7-4-11)14-18(15,16)10-8-13-5-2-9(10)12/h2,5,8,14H,3-4,6-7H2,1H3. The minimum absolute atomic E-state index is 0.0133. The highest BCUT2D eigenvalue weighted by Crippen LogP contribution is 2.25.